The fraction of sp³-hybridized carbons (Fsp3) is 0.407. The van der Waals surface area contributed by atoms with Crippen molar-refractivity contribution < 1.29 is 19.0 Å². The third-order valence-corrected chi connectivity index (χ3v) is 7.79. The van der Waals surface area contributed by atoms with Gasteiger partial charge in [0.1, 0.15) is 12.4 Å². The number of fused-ring (bicyclic) bond motifs is 2. The second-order valence-electron chi connectivity index (χ2n) is 9.94. The van der Waals surface area contributed by atoms with Gasteiger partial charge in [-0.1, -0.05) is 29.3 Å². The number of hydrogen-bond acceptors (Lipinski definition) is 4. The topological polar surface area (TPSA) is 67.6 Å². The predicted octanol–water partition coefficient (Wildman–Crippen LogP) is 6.24. The lowest BCUT2D eigenvalue weighted by molar-refractivity contribution is -0.149. The maximum Gasteiger partial charge on any atom is 0.342 e. The fourth-order valence-corrected chi connectivity index (χ4v) is 5.61. The maximum absolute atomic E-state index is 14.4. The van der Waals surface area contributed by atoms with Crippen molar-refractivity contribution in [1.29, 1.82) is 0 Å². The van der Waals surface area contributed by atoms with E-state index in [-0.39, 0.29) is 19.0 Å². The van der Waals surface area contributed by atoms with Crippen LogP contribution >= 0.6 is 23.2 Å². The third-order valence-electron chi connectivity index (χ3n) is 7.04. The number of carbonyl (C=O) groups is 1. The Balaban J connectivity index is 1.27. The number of benzene rings is 2. The molecule has 2 aliphatic rings. The molecule has 1 aliphatic heterocycles. The first-order chi connectivity index (χ1) is 17.1. The molecule has 0 radical (unpaired) electrons. The summed E-state index contributed by atoms with van der Waals surface area (Å²) in [6.45, 7) is 5.32. The number of nitrogens with zero attached hydrogens (tertiary/aromatic N) is 3. The molecule has 1 fully saturated rings. The Kier molecular flexibility index (Phi) is 6.74. The molecule has 5 rings (SSSR count). The monoisotopic (exact) mass is 531 g/mol. The number of ether oxygens (including phenoxy) is 1. The van der Waals surface area contributed by atoms with Crippen LogP contribution in [-0.2, 0) is 17.8 Å². The Morgan fingerprint density at radius 1 is 1.22 bits per heavy atom. The number of alkyl halides is 1. The van der Waals surface area contributed by atoms with Crippen molar-refractivity contribution in [2.24, 2.45) is 0 Å². The van der Waals surface area contributed by atoms with Gasteiger partial charge in [0.25, 0.3) is 0 Å². The van der Waals surface area contributed by atoms with E-state index in [1.165, 1.54) is 0 Å². The van der Waals surface area contributed by atoms with Crippen LogP contribution in [0.4, 0.5) is 4.39 Å². The summed E-state index contributed by atoms with van der Waals surface area (Å²) in [6.07, 6.45) is 1.54. The molecule has 0 saturated carbocycles. The highest BCUT2D eigenvalue weighted by atomic mass is 35.5. The highest BCUT2D eigenvalue weighted by molar-refractivity contribution is 6.49. The quantitative estimate of drug-likeness (QED) is 0.390. The molecular weight excluding hydrogens is 504 g/mol. The maximum atomic E-state index is 14.4. The summed E-state index contributed by atoms with van der Waals surface area (Å²) in [7, 11) is 0. The van der Waals surface area contributed by atoms with Crippen LogP contribution in [0.1, 0.15) is 49.4 Å². The minimum Gasteiger partial charge on any atom is -0.489 e. The summed E-state index contributed by atoms with van der Waals surface area (Å²) >= 11 is 13.1. The Morgan fingerprint density at radius 3 is 2.75 bits per heavy atom. The summed E-state index contributed by atoms with van der Waals surface area (Å²) in [4.78, 5) is 13.0. The molecule has 0 amide bonds. The number of likely N-dealkylation sites (tertiary alicyclic amines) is 1. The molecule has 190 valence electrons. The van der Waals surface area contributed by atoms with E-state index in [1.54, 1.807) is 0 Å². The average Bonchev–Trinajstić information content (AvgIpc) is 3.40. The van der Waals surface area contributed by atoms with Crippen LogP contribution in [0.15, 0.2) is 42.0 Å². The molecule has 36 heavy (non-hydrogen) atoms. The molecule has 1 atom stereocenters. The number of aromatic nitrogens is 2. The zero-order valence-corrected chi connectivity index (χ0v) is 21.7. The van der Waals surface area contributed by atoms with Gasteiger partial charge in [0.2, 0.25) is 5.67 Å². The molecular formula is C27H28Cl2FN3O3. The minimum atomic E-state index is -2.17. The van der Waals surface area contributed by atoms with Gasteiger partial charge in [-0.3, -0.25) is 9.58 Å². The Hall–Kier alpha value is -2.61. The van der Waals surface area contributed by atoms with Gasteiger partial charge in [-0.05, 0) is 79.3 Å². The SMILES string of the molecule is CC(C)n1nc(Cl)c2cc(COc3ccc4c(c3)CCC(CN3CCC(F)(C(=O)O)C3)=C4Cl)ccc21. The average molecular weight is 532 g/mol. The van der Waals surface area contributed by atoms with Crippen LogP contribution in [0.5, 0.6) is 5.75 Å². The summed E-state index contributed by atoms with van der Waals surface area (Å²) in [5.74, 6) is -0.630. The molecule has 3 aromatic rings. The number of carboxylic acids is 1. The van der Waals surface area contributed by atoms with Crippen LogP contribution in [0.25, 0.3) is 15.9 Å². The number of aliphatic carboxylic acids is 1. The van der Waals surface area contributed by atoms with Crippen LogP contribution < -0.4 is 4.74 Å². The Labute approximate surface area is 219 Å². The van der Waals surface area contributed by atoms with E-state index in [0.717, 1.165) is 51.8 Å². The molecule has 1 N–H and O–H groups in total. The van der Waals surface area contributed by atoms with Gasteiger partial charge in [-0.2, -0.15) is 5.10 Å². The summed E-state index contributed by atoms with van der Waals surface area (Å²) in [5.41, 5.74) is 2.89. The van der Waals surface area contributed by atoms with Gasteiger partial charge in [0.15, 0.2) is 5.15 Å². The smallest absolute Gasteiger partial charge is 0.342 e. The van der Waals surface area contributed by atoms with Gasteiger partial charge in [0.05, 0.1) is 5.52 Å². The van der Waals surface area contributed by atoms with E-state index in [2.05, 4.69) is 18.9 Å². The second-order valence-corrected chi connectivity index (χ2v) is 10.7. The van der Waals surface area contributed by atoms with Crippen LogP contribution in [0.2, 0.25) is 5.15 Å². The lowest BCUT2D eigenvalue weighted by Gasteiger charge is -2.25. The van der Waals surface area contributed by atoms with Crippen molar-refractivity contribution in [3.8, 4) is 5.75 Å². The number of rotatable bonds is 7. The third kappa shape index (κ3) is 4.72. The van der Waals surface area contributed by atoms with Crippen LogP contribution in [0, 0.1) is 0 Å². The number of halogens is 3. The van der Waals surface area contributed by atoms with Gasteiger partial charge in [-0.15, -0.1) is 0 Å². The molecule has 1 aliphatic carbocycles. The lowest BCUT2D eigenvalue weighted by Crippen LogP contribution is -2.37. The second kappa shape index (κ2) is 9.69. The first kappa shape index (κ1) is 25.1. The van der Waals surface area contributed by atoms with Crippen molar-refractivity contribution in [2.45, 2.75) is 51.4 Å². The Morgan fingerprint density at radius 2 is 2.03 bits per heavy atom. The molecule has 0 bridgehead atoms. The van der Waals surface area contributed by atoms with E-state index in [9.17, 15) is 9.18 Å². The molecule has 2 heterocycles. The number of aryl methyl sites for hydroxylation is 1. The number of carboxylic acid groups (broad SMARTS) is 1. The summed E-state index contributed by atoms with van der Waals surface area (Å²) in [6, 6.07) is 12.2. The molecule has 1 unspecified atom stereocenters. The van der Waals surface area contributed by atoms with Crippen molar-refractivity contribution in [1.82, 2.24) is 14.7 Å². The summed E-state index contributed by atoms with van der Waals surface area (Å²) < 4.78 is 22.4. The van der Waals surface area contributed by atoms with Crippen molar-refractivity contribution in [2.75, 3.05) is 19.6 Å². The van der Waals surface area contributed by atoms with Crippen LogP contribution in [-0.4, -0.2) is 51.1 Å². The van der Waals surface area contributed by atoms with E-state index in [4.69, 9.17) is 33.0 Å². The van der Waals surface area contributed by atoms with E-state index < -0.39 is 11.6 Å². The van der Waals surface area contributed by atoms with E-state index >= 15 is 0 Å². The van der Waals surface area contributed by atoms with Gasteiger partial charge >= 0.3 is 5.97 Å². The van der Waals surface area contributed by atoms with Crippen LogP contribution in [0.3, 0.4) is 0 Å². The van der Waals surface area contributed by atoms with Gasteiger partial charge in [0, 0.05) is 42.5 Å². The standard InChI is InChI=1S/C27H28Cl2FN3O3/c1-16(2)33-23-8-3-17(11-22(23)25(29)31-33)14-36-20-6-7-21-18(12-20)4-5-19(24(21)28)13-32-10-9-27(30,15-32)26(34)35/h3,6-8,11-12,16H,4-5,9-10,13-15H2,1-2H3,(H,34,35). The zero-order chi connectivity index (χ0) is 25.6. The highest BCUT2D eigenvalue weighted by Crippen LogP contribution is 2.37. The Bertz CT molecular complexity index is 1370. The molecule has 9 heteroatoms. The first-order valence-corrected chi connectivity index (χ1v) is 12.8. The van der Waals surface area contributed by atoms with Gasteiger partial charge in [-0.25, -0.2) is 9.18 Å². The molecule has 6 nitrogen and oxygen atoms in total. The largest absolute Gasteiger partial charge is 0.489 e. The van der Waals surface area contributed by atoms with Gasteiger partial charge < -0.3 is 9.84 Å². The van der Waals surface area contributed by atoms with Crippen molar-refractivity contribution in [3.63, 3.8) is 0 Å². The van der Waals surface area contributed by atoms with E-state index in [0.29, 0.717) is 29.9 Å². The highest BCUT2D eigenvalue weighted by Gasteiger charge is 2.45. The fourth-order valence-electron chi connectivity index (χ4n) is 5.04. The summed E-state index contributed by atoms with van der Waals surface area (Å²) in [5, 5.41) is 15.6. The van der Waals surface area contributed by atoms with E-state index in [1.807, 2.05) is 46.0 Å². The first-order valence-electron chi connectivity index (χ1n) is 12.1. The molecule has 2 aromatic carbocycles. The van der Waals surface area contributed by atoms with Crippen molar-refractivity contribution >= 4 is 45.1 Å². The molecule has 1 saturated heterocycles. The normalized spacial score (nSPS) is 20.4. The minimum absolute atomic E-state index is 0.00370. The molecule has 0 spiro atoms. The zero-order valence-electron chi connectivity index (χ0n) is 20.2. The lowest BCUT2D eigenvalue weighted by atomic mass is 9.91. The predicted molar refractivity (Wildman–Crippen MR) is 140 cm³/mol. The number of hydrogen-bond donors (Lipinski definition) is 1. The van der Waals surface area contributed by atoms with Crippen molar-refractivity contribution in [3.05, 3.63) is 63.8 Å². The molecule has 1 aromatic heterocycles.